The van der Waals surface area contributed by atoms with E-state index in [1.165, 1.54) is 0 Å². The number of benzene rings is 2. The number of carbonyl (C=O) groups excluding carboxylic acids is 1. The number of rotatable bonds is 5. The maximum absolute atomic E-state index is 12.5. The molecule has 0 saturated carbocycles. The number of ether oxygens (including phenoxy) is 1. The first-order valence-corrected chi connectivity index (χ1v) is 9.39. The van der Waals surface area contributed by atoms with Crippen LogP contribution in [0.3, 0.4) is 0 Å². The molecule has 0 bridgehead atoms. The van der Waals surface area contributed by atoms with Crippen molar-refractivity contribution in [2.75, 3.05) is 7.11 Å². The number of hydrogen-bond donors (Lipinski definition) is 0. The smallest absolute Gasteiger partial charge is 0.249 e. The van der Waals surface area contributed by atoms with E-state index in [0.717, 1.165) is 28.0 Å². The molecule has 1 aliphatic heterocycles. The van der Waals surface area contributed by atoms with Gasteiger partial charge in [-0.05, 0) is 49.6 Å². The lowest BCUT2D eigenvalue weighted by atomic mass is 10.1. The SMILES string of the molecule is COc1cccc(CN2C(=O)CCC2c2nc(-c3cc(C)ccc3C)no2)c1. The van der Waals surface area contributed by atoms with Crippen molar-refractivity contribution >= 4 is 5.91 Å². The fourth-order valence-corrected chi connectivity index (χ4v) is 3.61. The van der Waals surface area contributed by atoms with Crippen molar-refractivity contribution in [3.8, 4) is 17.1 Å². The van der Waals surface area contributed by atoms with Gasteiger partial charge in [-0.3, -0.25) is 4.79 Å². The van der Waals surface area contributed by atoms with Crippen LogP contribution in [0.2, 0.25) is 0 Å². The number of amides is 1. The van der Waals surface area contributed by atoms with Gasteiger partial charge in [0.2, 0.25) is 17.6 Å². The first-order valence-electron chi connectivity index (χ1n) is 9.39. The fraction of sp³-hybridized carbons (Fsp3) is 0.318. The molecule has 0 aliphatic carbocycles. The van der Waals surface area contributed by atoms with E-state index in [1.807, 2.05) is 43.0 Å². The van der Waals surface area contributed by atoms with Crippen LogP contribution in [0, 0.1) is 13.8 Å². The van der Waals surface area contributed by atoms with Gasteiger partial charge < -0.3 is 14.2 Å². The molecule has 0 radical (unpaired) electrons. The molecule has 1 saturated heterocycles. The zero-order valence-corrected chi connectivity index (χ0v) is 16.3. The molecule has 2 aromatic carbocycles. The Morgan fingerprint density at radius 1 is 1.21 bits per heavy atom. The quantitative estimate of drug-likeness (QED) is 0.666. The number of aryl methyl sites for hydroxylation is 2. The lowest BCUT2D eigenvalue weighted by Gasteiger charge is -2.22. The summed E-state index contributed by atoms with van der Waals surface area (Å²) in [5.74, 6) is 1.93. The Morgan fingerprint density at radius 2 is 2.07 bits per heavy atom. The maximum Gasteiger partial charge on any atom is 0.249 e. The van der Waals surface area contributed by atoms with Crippen molar-refractivity contribution < 1.29 is 14.1 Å². The third-order valence-corrected chi connectivity index (χ3v) is 5.18. The Bertz CT molecular complexity index is 1010. The Morgan fingerprint density at radius 3 is 2.89 bits per heavy atom. The van der Waals surface area contributed by atoms with Gasteiger partial charge in [0, 0.05) is 18.5 Å². The maximum atomic E-state index is 12.5. The van der Waals surface area contributed by atoms with Crippen LogP contribution in [0.5, 0.6) is 5.75 Å². The molecule has 1 aromatic heterocycles. The summed E-state index contributed by atoms with van der Waals surface area (Å²) in [6, 6.07) is 13.7. The highest BCUT2D eigenvalue weighted by molar-refractivity contribution is 5.79. The first-order chi connectivity index (χ1) is 13.5. The average Bonchev–Trinajstić information content (AvgIpc) is 3.31. The highest BCUT2D eigenvalue weighted by Gasteiger charge is 2.36. The molecule has 0 N–H and O–H groups in total. The highest BCUT2D eigenvalue weighted by atomic mass is 16.5. The summed E-state index contributed by atoms with van der Waals surface area (Å²) < 4.78 is 10.9. The molecule has 144 valence electrons. The van der Waals surface area contributed by atoms with Gasteiger partial charge in [-0.1, -0.05) is 35.0 Å². The molecule has 4 rings (SSSR count). The van der Waals surface area contributed by atoms with Crippen molar-refractivity contribution in [1.29, 1.82) is 0 Å². The third kappa shape index (κ3) is 3.50. The van der Waals surface area contributed by atoms with E-state index in [1.54, 1.807) is 7.11 Å². The zero-order valence-electron chi connectivity index (χ0n) is 16.3. The van der Waals surface area contributed by atoms with Crippen LogP contribution in [-0.2, 0) is 11.3 Å². The minimum Gasteiger partial charge on any atom is -0.497 e. The van der Waals surface area contributed by atoms with Crippen LogP contribution in [-0.4, -0.2) is 28.1 Å². The minimum atomic E-state index is -0.204. The van der Waals surface area contributed by atoms with Gasteiger partial charge in [0.05, 0.1) is 7.11 Å². The van der Waals surface area contributed by atoms with Crippen molar-refractivity contribution in [2.24, 2.45) is 0 Å². The molecule has 1 aliphatic rings. The summed E-state index contributed by atoms with van der Waals surface area (Å²) in [7, 11) is 1.64. The number of nitrogens with zero attached hydrogens (tertiary/aromatic N) is 3. The van der Waals surface area contributed by atoms with Gasteiger partial charge in [-0.15, -0.1) is 0 Å². The predicted octanol–water partition coefficient (Wildman–Crippen LogP) is 4.23. The third-order valence-electron chi connectivity index (χ3n) is 5.18. The fourth-order valence-electron chi connectivity index (χ4n) is 3.61. The van der Waals surface area contributed by atoms with E-state index in [4.69, 9.17) is 9.26 Å². The van der Waals surface area contributed by atoms with E-state index in [9.17, 15) is 4.79 Å². The van der Waals surface area contributed by atoms with Crippen LogP contribution >= 0.6 is 0 Å². The van der Waals surface area contributed by atoms with E-state index in [0.29, 0.717) is 31.1 Å². The number of methoxy groups -OCH3 is 1. The summed E-state index contributed by atoms with van der Waals surface area (Å²) in [5.41, 5.74) is 4.20. The van der Waals surface area contributed by atoms with Crippen LogP contribution in [0.15, 0.2) is 47.0 Å². The summed E-state index contributed by atoms with van der Waals surface area (Å²) in [5, 5.41) is 4.18. The molecule has 1 amide bonds. The van der Waals surface area contributed by atoms with Crippen molar-refractivity contribution in [1.82, 2.24) is 15.0 Å². The van der Waals surface area contributed by atoms with Gasteiger partial charge in [0.25, 0.3) is 0 Å². The molecular weight excluding hydrogens is 354 g/mol. The minimum absolute atomic E-state index is 0.0966. The number of hydrogen-bond acceptors (Lipinski definition) is 5. The zero-order chi connectivity index (χ0) is 19.7. The Balaban J connectivity index is 1.60. The van der Waals surface area contributed by atoms with Gasteiger partial charge in [-0.2, -0.15) is 4.98 Å². The summed E-state index contributed by atoms with van der Waals surface area (Å²) >= 11 is 0. The second-order valence-corrected chi connectivity index (χ2v) is 7.20. The van der Waals surface area contributed by atoms with Crippen LogP contribution < -0.4 is 4.74 Å². The topological polar surface area (TPSA) is 68.5 Å². The molecule has 28 heavy (non-hydrogen) atoms. The summed E-state index contributed by atoms with van der Waals surface area (Å²) in [6.45, 7) is 4.55. The van der Waals surface area contributed by atoms with Crippen LogP contribution in [0.4, 0.5) is 0 Å². The lowest BCUT2D eigenvalue weighted by molar-refractivity contribution is -0.130. The average molecular weight is 377 g/mol. The molecule has 3 aromatic rings. The van der Waals surface area contributed by atoms with Crippen molar-refractivity contribution in [2.45, 2.75) is 39.3 Å². The first kappa shape index (κ1) is 18.2. The molecule has 6 heteroatoms. The standard InChI is InChI=1S/C22H23N3O3/c1-14-7-8-15(2)18(11-14)21-23-22(28-24-21)19-9-10-20(26)25(19)13-16-5-4-6-17(12-16)27-3/h4-8,11-12,19H,9-10,13H2,1-3H3. The van der Waals surface area contributed by atoms with Crippen molar-refractivity contribution in [3.63, 3.8) is 0 Å². The largest absolute Gasteiger partial charge is 0.497 e. The second kappa shape index (κ2) is 7.46. The van der Waals surface area contributed by atoms with E-state index in [2.05, 4.69) is 28.3 Å². The number of carbonyl (C=O) groups is 1. The van der Waals surface area contributed by atoms with E-state index >= 15 is 0 Å². The van der Waals surface area contributed by atoms with Crippen molar-refractivity contribution in [3.05, 3.63) is 65.0 Å². The molecule has 2 heterocycles. The number of likely N-dealkylation sites (tertiary alicyclic amines) is 1. The van der Waals surface area contributed by atoms with Gasteiger partial charge in [0.1, 0.15) is 11.8 Å². The van der Waals surface area contributed by atoms with E-state index in [-0.39, 0.29) is 11.9 Å². The highest BCUT2D eigenvalue weighted by Crippen LogP contribution is 2.35. The molecule has 1 atom stereocenters. The molecule has 1 unspecified atom stereocenters. The second-order valence-electron chi connectivity index (χ2n) is 7.20. The number of aromatic nitrogens is 2. The molecular formula is C22H23N3O3. The normalized spacial score (nSPS) is 16.6. The molecule has 1 fully saturated rings. The lowest BCUT2D eigenvalue weighted by Crippen LogP contribution is -2.27. The molecule has 0 spiro atoms. The summed E-state index contributed by atoms with van der Waals surface area (Å²) in [4.78, 5) is 18.9. The van der Waals surface area contributed by atoms with Crippen LogP contribution in [0.1, 0.15) is 41.5 Å². The summed E-state index contributed by atoms with van der Waals surface area (Å²) in [6.07, 6.45) is 1.16. The van der Waals surface area contributed by atoms with Gasteiger partial charge >= 0.3 is 0 Å². The Labute approximate surface area is 164 Å². The molecule has 6 nitrogen and oxygen atoms in total. The van der Waals surface area contributed by atoms with Crippen LogP contribution in [0.25, 0.3) is 11.4 Å². The van der Waals surface area contributed by atoms with Gasteiger partial charge in [-0.25, -0.2) is 0 Å². The Kier molecular flexibility index (Phi) is 4.86. The van der Waals surface area contributed by atoms with Gasteiger partial charge in [0.15, 0.2) is 0 Å². The predicted molar refractivity (Wildman–Crippen MR) is 105 cm³/mol. The monoisotopic (exact) mass is 377 g/mol. The van der Waals surface area contributed by atoms with E-state index < -0.39 is 0 Å². The Hall–Kier alpha value is -3.15.